The minimum Gasteiger partial charge on any atom is -0.496 e. The van der Waals surface area contributed by atoms with Crippen LogP contribution in [0, 0.1) is 12.7 Å². The largest absolute Gasteiger partial charge is 0.496 e. The van der Waals surface area contributed by atoms with Crippen LogP contribution in [0.5, 0.6) is 5.75 Å². The Hall–Kier alpha value is -1.39. The summed E-state index contributed by atoms with van der Waals surface area (Å²) in [7, 11) is 3.47. The second-order valence-corrected chi connectivity index (χ2v) is 5.53. The van der Waals surface area contributed by atoms with Gasteiger partial charge in [0.05, 0.1) is 13.2 Å². The Morgan fingerprint density at radius 3 is 2.55 bits per heavy atom. The quantitative estimate of drug-likeness (QED) is 0.902. The summed E-state index contributed by atoms with van der Waals surface area (Å²) < 4.78 is 20.2. The van der Waals surface area contributed by atoms with E-state index in [4.69, 9.17) is 4.74 Å². The number of halogens is 2. The Morgan fingerprint density at radius 2 is 1.95 bits per heavy atom. The molecule has 20 heavy (non-hydrogen) atoms. The smallest absolute Gasteiger partial charge is 0.128 e. The van der Waals surface area contributed by atoms with Gasteiger partial charge in [-0.15, -0.1) is 0 Å². The maximum Gasteiger partial charge on any atom is 0.128 e. The first-order valence-corrected chi connectivity index (χ1v) is 7.13. The molecule has 2 nitrogen and oxygen atoms in total. The van der Waals surface area contributed by atoms with Crippen LogP contribution in [0.4, 0.5) is 4.39 Å². The van der Waals surface area contributed by atoms with Gasteiger partial charge < -0.3 is 10.1 Å². The van der Waals surface area contributed by atoms with E-state index >= 15 is 0 Å². The van der Waals surface area contributed by atoms with Gasteiger partial charge in [0.15, 0.2) is 0 Å². The zero-order chi connectivity index (χ0) is 14.7. The zero-order valence-electron chi connectivity index (χ0n) is 11.7. The molecule has 0 amide bonds. The first kappa shape index (κ1) is 15.0. The summed E-state index contributed by atoms with van der Waals surface area (Å²) in [6, 6.07) is 10.6. The van der Waals surface area contributed by atoms with Gasteiger partial charge in [-0.25, -0.2) is 4.39 Å². The fourth-order valence-electron chi connectivity index (χ4n) is 2.32. The van der Waals surface area contributed by atoms with Crippen LogP contribution < -0.4 is 10.1 Å². The molecule has 0 spiro atoms. The lowest BCUT2D eigenvalue weighted by Crippen LogP contribution is -2.19. The molecule has 0 aromatic heterocycles. The van der Waals surface area contributed by atoms with Gasteiger partial charge in [-0.1, -0.05) is 28.1 Å². The number of nitrogens with one attached hydrogen (secondary N) is 1. The number of rotatable bonds is 4. The fourth-order valence-corrected chi connectivity index (χ4v) is 2.70. The van der Waals surface area contributed by atoms with Crippen molar-refractivity contribution in [1.29, 1.82) is 0 Å². The second kappa shape index (κ2) is 6.37. The molecule has 2 aromatic carbocycles. The van der Waals surface area contributed by atoms with Crippen LogP contribution >= 0.6 is 15.9 Å². The van der Waals surface area contributed by atoms with Gasteiger partial charge >= 0.3 is 0 Å². The van der Waals surface area contributed by atoms with Crippen LogP contribution in [0.3, 0.4) is 0 Å². The first-order valence-electron chi connectivity index (χ1n) is 6.33. The predicted molar refractivity (Wildman–Crippen MR) is 82.7 cm³/mol. The van der Waals surface area contributed by atoms with Crippen molar-refractivity contribution < 1.29 is 9.13 Å². The molecular weight excluding hydrogens is 321 g/mol. The molecule has 0 saturated heterocycles. The fraction of sp³-hybridized carbons (Fsp3) is 0.250. The number of methoxy groups -OCH3 is 1. The van der Waals surface area contributed by atoms with E-state index in [0.717, 1.165) is 21.3 Å². The highest BCUT2D eigenvalue weighted by Gasteiger charge is 2.17. The molecule has 0 aliphatic carbocycles. The minimum atomic E-state index is -0.221. The SMILES string of the molecule is CNC(c1ccc(OC)c(C)c1)c1cc(Br)ccc1F. The third kappa shape index (κ3) is 3.02. The standard InChI is InChI=1S/C16H17BrFNO/c1-10-8-11(4-7-15(10)20-3)16(19-2)13-9-12(17)5-6-14(13)18/h4-9,16,19H,1-3H3. The monoisotopic (exact) mass is 337 g/mol. The Labute approximate surface area is 127 Å². The molecule has 2 aromatic rings. The maximum atomic E-state index is 14.1. The van der Waals surface area contributed by atoms with Gasteiger partial charge in [0.1, 0.15) is 11.6 Å². The molecule has 0 heterocycles. The van der Waals surface area contributed by atoms with Gasteiger partial charge in [-0.05, 0) is 49.4 Å². The van der Waals surface area contributed by atoms with Gasteiger partial charge in [0.25, 0.3) is 0 Å². The summed E-state index contributed by atoms with van der Waals surface area (Å²) in [6.07, 6.45) is 0. The Bertz CT molecular complexity index is 615. The predicted octanol–water partition coefficient (Wildman–Crippen LogP) is 4.21. The van der Waals surface area contributed by atoms with Gasteiger partial charge in [0, 0.05) is 10.0 Å². The van der Waals surface area contributed by atoms with Crippen molar-refractivity contribution in [3.8, 4) is 5.75 Å². The zero-order valence-corrected chi connectivity index (χ0v) is 13.3. The summed E-state index contributed by atoms with van der Waals surface area (Å²) in [6.45, 7) is 1.98. The molecule has 4 heteroatoms. The van der Waals surface area contributed by atoms with Crippen LogP contribution in [0.2, 0.25) is 0 Å². The molecule has 0 aliphatic heterocycles. The Morgan fingerprint density at radius 1 is 1.20 bits per heavy atom. The lowest BCUT2D eigenvalue weighted by molar-refractivity contribution is 0.411. The molecule has 0 saturated carbocycles. The molecule has 2 rings (SSSR count). The molecule has 0 bridgehead atoms. The highest BCUT2D eigenvalue weighted by Crippen LogP contribution is 2.29. The Kier molecular flexibility index (Phi) is 4.78. The molecule has 0 fully saturated rings. The molecular formula is C16H17BrFNO. The highest BCUT2D eigenvalue weighted by atomic mass is 79.9. The normalized spacial score (nSPS) is 12.2. The van der Waals surface area contributed by atoms with Crippen LogP contribution in [-0.4, -0.2) is 14.2 Å². The van der Waals surface area contributed by atoms with Crippen LogP contribution in [0.1, 0.15) is 22.7 Å². The maximum absolute atomic E-state index is 14.1. The summed E-state index contributed by atoms with van der Waals surface area (Å²) in [5, 5.41) is 3.17. The van der Waals surface area contributed by atoms with Crippen molar-refractivity contribution in [3.63, 3.8) is 0 Å². The van der Waals surface area contributed by atoms with Gasteiger partial charge in [0.2, 0.25) is 0 Å². The van der Waals surface area contributed by atoms with Crippen molar-refractivity contribution in [2.75, 3.05) is 14.2 Å². The average Bonchev–Trinajstić information content (AvgIpc) is 2.44. The van der Waals surface area contributed by atoms with Crippen molar-refractivity contribution in [2.24, 2.45) is 0 Å². The summed E-state index contributed by atoms with van der Waals surface area (Å²) in [5.41, 5.74) is 2.65. The molecule has 106 valence electrons. The lowest BCUT2D eigenvalue weighted by atomic mass is 9.97. The second-order valence-electron chi connectivity index (χ2n) is 4.62. The lowest BCUT2D eigenvalue weighted by Gasteiger charge is -2.19. The van der Waals surface area contributed by atoms with E-state index in [1.807, 2.05) is 32.2 Å². The Balaban J connectivity index is 2.46. The topological polar surface area (TPSA) is 21.3 Å². The first-order chi connectivity index (χ1) is 9.56. The van der Waals surface area contributed by atoms with Gasteiger partial charge in [-0.2, -0.15) is 0 Å². The van der Waals surface area contributed by atoms with E-state index in [2.05, 4.69) is 21.2 Å². The number of ether oxygens (including phenoxy) is 1. The van der Waals surface area contributed by atoms with Crippen molar-refractivity contribution >= 4 is 15.9 Å². The third-order valence-corrected chi connectivity index (χ3v) is 3.80. The summed E-state index contributed by atoms with van der Waals surface area (Å²) >= 11 is 3.39. The number of benzene rings is 2. The third-order valence-electron chi connectivity index (χ3n) is 3.31. The number of hydrogen-bond acceptors (Lipinski definition) is 2. The van der Waals surface area contributed by atoms with E-state index in [1.54, 1.807) is 19.2 Å². The van der Waals surface area contributed by atoms with Crippen LogP contribution in [-0.2, 0) is 0 Å². The van der Waals surface area contributed by atoms with E-state index < -0.39 is 0 Å². The summed E-state index contributed by atoms with van der Waals surface area (Å²) in [5.74, 6) is 0.610. The number of aryl methyl sites for hydroxylation is 1. The van der Waals surface area contributed by atoms with Crippen molar-refractivity contribution in [3.05, 3.63) is 63.4 Å². The number of hydrogen-bond donors (Lipinski definition) is 1. The molecule has 0 radical (unpaired) electrons. The van der Waals surface area contributed by atoms with Crippen molar-refractivity contribution in [2.45, 2.75) is 13.0 Å². The molecule has 1 unspecified atom stereocenters. The highest BCUT2D eigenvalue weighted by molar-refractivity contribution is 9.10. The average molecular weight is 338 g/mol. The van der Waals surface area contributed by atoms with Crippen LogP contribution in [0.15, 0.2) is 40.9 Å². The van der Waals surface area contributed by atoms with E-state index in [9.17, 15) is 4.39 Å². The summed E-state index contributed by atoms with van der Waals surface area (Å²) in [4.78, 5) is 0. The molecule has 1 N–H and O–H groups in total. The molecule has 1 atom stereocenters. The molecule has 0 aliphatic rings. The van der Waals surface area contributed by atoms with E-state index in [1.165, 1.54) is 6.07 Å². The van der Waals surface area contributed by atoms with Crippen LogP contribution in [0.25, 0.3) is 0 Å². The van der Waals surface area contributed by atoms with Crippen molar-refractivity contribution in [1.82, 2.24) is 5.32 Å². The van der Waals surface area contributed by atoms with E-state index in [0.29, 0.717) is 5.56 Å². The minimum absolute atomic E-state index is 0.197. The van der Waals surface area contributed by atoms with E-state index in [-0.39, 0.29) is 11.9 Å². The van der Waals surface area contributed by atoms with Gasteiger partial charge in [-0.3, -0.25) is 0 Å².